The van der Waals surface area contributed by atoms with Crippen LogP contribution in [0.1, 0.15) is 126 Å². The smallest absolute Gasteiger partial charge is 0.311 e. The van der Waals surface area contributed by atoms with Crippen LogP contribution in [-0.2, 0) is 33.3 Å². The van der Waals surface area contributed by atoms with Crippen molar-refractivity contribution in [1.82, 2.24) is 4.90 Å². The summed E-state index contributed by atoms with van der Waals surface area (Å²) in [4.78, 5) is 29.7. The number of hydrogen-bond donors (Lipinski definition) is 0. The lowest BCUT2D eigenvalue weighted by atomic mass is 9.81. The SMILES string of the molecule is CCC[C@H](C[C@H]1CC[C@@H]([C@H](CC)[C@H]2OC(=O)[C@@H](C)[C@H]3CC[C@H](O3)[C@H](C)[C@@H](CCC)OC(=O)[C@H](C)[C@H]3CC[C@H](O3)[C@@H]2C)O1)N(C)C. The lowest BCUT2D eigenvalue weighted by Crippen LogP contribution is -2.45. The summed E-state index contributed by atoms with van der Waals surface area (Å²) in [7, 11) is 4.33. The largest absolute Gasteiger partial charge is 0.462 e. The highest BCUT2D eigenvalue weighted by Gasteiger charge is 2.47. The zero-order valence-electron chi connectivity index (χ0n) is 29.9. The fourth-order valence-electron chi connectivity index (χ4n) is 8.59. The van der Waals surface area contributed by atoms with E-state index >= 15 is 0 Å². The van der Waals surface area contributed by atoms with Crippen LogP contribution in [0.15, 0.2) is 0 Å². The molecule has 4 fully saturated rings. The summed E-state index contributed by atoms with van der Waals surface area (Å²) in [6, 6.07) is 0.506. The van der Waals surface area contributed by atoms with Gasteiger partial charge in [0.1, 0.15) is 12.2 Å². The van der Waals surface area contributed by atoms with Crippen LogP contribution < -0.4 is 0 Å². The van der Waals surface area contributed by atoms with E-state index in [1.54, 1.807) is 0 Å². The number of fused-ring (bicyclic) bond motifs is 4. The maximum Gasteiger partial charge on any atom is 0.311 e. The molecule has 0 unspecified atom stereocenters. The molecule has 0 N–H and O–H groups in total. The Labute approximate surface area is 274 Å². The molecule has 0 radical (unpaired) electrons. The number of ether oxygens (including phenoxy) is 5. The predicted molar refractivity (Wildman–Crippen MR) is 176 cm³/mol. The number of carbonyl (C=O) groups excluding carboxylic acids is 2. The fraction of sp³-hybridized carbons (Fsp3) is 0.946. The summed E-state index contributed by atoms with van der Waals surface area (Å²) >= 11 is 0. The van der Waals surface area contributed by atoms with E-state index in [0.717, 1.165) is 77.0 Å². The van der Waals surface area contributed by atoms with Crippen molar-refractivity contribution in [2.24, 2.45) is 29.6 Å². The molecule has 4 saturated heterocycles. The first-order valence-electron chi connectivity index (χ1n) is 18.5. The molecule has 0 aliphatic carbocycles. The number of rotatable bonds is 10. The van der Waals surface area contributed by atoms with Gasteiger partial charge in [-0.2, -0.15) is 0 Å². The number of nitrogens with zero attached hydrogens (tertiary/aromatic N) is 1. The molecule has 260 valence electrons. The first kappa shape index (κ1) is 36.6. The van der Waals surface area contributed by atoms with Gasteiger partial charge in [0, 0.05) is 23.8 Å². The maximum atomic E-state index is 13.9. The highest BCUT2D eigenvalue weighted by molar-refractivity contribution is 5.73. The Balaban J connectivity index is 1.57. The van der Waals surface area contributed by atoms with E-state index in [0.29, 0.717) is 6.04 Å². The minimum absolute atomic E-state index is 0.0328. The standard InChI is InChI=1S/C37H65NO7/c1-10-13-26(38(8)9)21-27-15-16-34(41-27)28(12-3)35-23(5)31-18-20-32(43-31)24(6)36(39)44-29(14-11-2)22(4)30-17-19-33(42-30)25(7)37(40)45-35/h22-35H,10-21H2,1-9H3/t22-,23+,24-,25+,26-,27-,28+,29-,30+,31+,32-,33-,34+,35+/m1/s1. The van der Waals surface area contributed by atoms with E-state index < -0.39 is 0 Å². The minimum Gasteiger partial charge on any atom is -0.462 e. The fourth-order valence-corrected chi connectivity index (χ4v) is 8.59. The molecule has 0 aromatic rings. The number of esters is 2. The number of hydrogen-bond acceptors (Lipinski definition) is 8. The van der Waals surface area contributed by atoms with Crippen LogP contribution in [0.3, 0.4) is 0 Å². The third kappa shape index (κ3) is 8.83. The molecule has 8 heteroatoms. The van der Waals surface area contributed by atoms with Crippen molar-refractivity contribution < 1.29 is 33.3 Å². The van der Waals surface area contributed by atoms with E-state index in [4.69, 9.17) is 23.7 Å². The van der Waals surface area contributed by atoms with E-state index in [2.05, 4.69) is 53.6 Å². The predicted octanol–water partition coefficient (Wildman–Crippen LogP) is 6.96. The highest BCUT2D eigenvalue weighted by atomic mass is 16.6. The molecule has 14 atom stereocenters. The second-order valence-corrected chi connectivity index (χ2v) is 15.1. The monoisotopic (exact) mass is 635 g/mol. The Morgan fingerprint density at radius 3 is 1.84 bits per heavy atom. The highest BCUT2D eigenvalue weighted by Crippen LogP contribution is 2.41. The zero-order valence-corrected chi connectivity index (χ0v) is 29.9. The van der Waals surface area contributed by atoms with Gasteiger partial charge in [0.15, 0.2) is 0 Å². The van der Waals surface area contributed by atoms with E-state index in [1.165, 1.54) is 0 Å². The van der Waals surface area contributed by atoms with Crippen LogP contribution in [0.4, 0.5) is 0 Å². The van der Waals surface area contributed by atoms with Gasteiger partial charge in [-0.05, 0) is 92.2 Å². The zero-order chi connectivity index (χ0) is 32.8. The molecule has 0 saturated carbocycles. The van der Waals surface area contributed by atoms with Gasteiger partial charge in [-0.15, -0.1) is 0 Å². The molecule has 8 nitrogen and oxygen atoms in total. The van der Waals surface area contributed by atoms with E-state index in [9.17, 15) is 9.59 Å². The topological polar surface area (TPSA) is 83.5 Å². The van der Waals surface area contributed by atoms with Crippen LogP contribution >= 0.6 is 0 Å². The molecule has 0 aromatic carbocycles. The van der Waals surface area contributed by atoms with Crippen LogP contribution in [-0.4, -0.2) is 85.8 Å². The first-order valence-corrected chi connectivity index (χ1v) is 18.5. The molecule has 4 aliphatic heterocycles. The van der Waals surface area contributed by atoms with Gasteiger partial charge in [0.05, 0.1) is 48.5 Å². The van der Waals surface area contributed by atoms with Crippen molar-refractivity contribution in [3.8, 4) is 0 Å². The number of carbonyl (C=O) groups is 2. The molecular weight excluding hydrogens is 570 g/mol. The van der Waals surface area contributed by atoms with Crippen molar-refractivity contribution in [2.45, 2.75) is 180 Å². The molecule has 0 spiro atoms. The summed E-state index contributed by atoms with van der Waals surface area (Å²) < 4.78 is 32.8. The molecule has 45 heavy (non-hydrogen) atoms. The first-order chi connectivity index (χ1) is 21.5. The van der Waals surface area contributed by atoms with Crippen molar-refractivity contribution in [3.63, 3.8) is 0 Å². The second kappa shape index (κ2) is 16.7. The van der Waals surface area contributed by atoms with E-state index in [-0.39, 0.29) is 90.4 Å². The lowest BCUT2D eigenvalue weighted by molar-refractivity contribution is -0.178. The summed E-state index contributed by atoms with van der Waals surface area (Å²) in [5.74, 6) is -0.996. The average molecular weight is 636 g/mol. The third-order valence-corrected chi connectivity index (χ3v) is 11.8. The van der Waals surface area contributed by atoms with Crippen molar-refractivity contribution in [1.29, 1.82) is 0 Å². The van der Waals surface area contributed by atoms with Crippen LogP contribution in [0.5, 0.6) is 0 Å². The van der Waals surface area contributed by atoms with Gasteiger partial charge in [-0.1, -0.05) is 47.5 Å². The Morgan fingerprint density at radius 1 is 0.711 bits per heavy atom. The van der Waals surface area contributed by atoms with Crippen molar-refractivity contribution >= 4 is 11.9 Å². The molecule has 4 heterocycles. The normalized spacial score (nSPS) is 41.2. The summed E-state index contributed by atoms with van der Waals surface area (Å²) in [6.07, 6.45) is 10.4. The Morgan fingerprint density at radius 2 is 1.29 bits per heavy atom. The summed E-state index contributed by atoms with van der Waals surface area (Å²) in [5, 5.41) is 0. The van der Waals surface area contributed by atoms with Gasteiger partial charge in [0.25, 0.3) is 0 Å². The van der Waals surface area contributed by atoms with Crippen molar-refractivity contribution in [3.05, 3.63) is 0 Å². The summed E-state index contributed by atoms with van der Waals surface area (Å²) in [5.41, 5.74) is 0. The van der Waals surface area contributed by atoms with Gasteiger partial charge in [-0.3, -0.25) is 9.59 Å². The Bertz CT molecular complexity index is 944. The quantitative estimate of drug-likeness (QED) is 0.238. The second-order valence-electron chi connectivity index (χ2n) is 15.1. The average Bonchev–Trinajstić information content (AvgIpc) is 3.80. The van der Waals surface area contributed by atoms with Crippen LogP contribution in [0.25, 0.3) is 0 Å². The molecule has 4 rings (SSSR count). The number of cyclic esters (lactones) is 2. The van der Waals surface area contributed by atoms with Crippen LogP contribution in [0.2, 0.25) is 0 Å². The molecule has 0 aromatic heterocycles. The third-order valence-electron chi connectivity index (χ3n) is 11.8. The molecule has 4 bridgehead atoms. The molecule has 4 aliphatic rings. The van der Waals surface area contributed by atoms with Gasteiger partial charge < -0.3 is 28.6 Å². The Kier molecular flexibility index (Phi) is 13.6. The van der Waals surface area contributed by atoms with Crippen molar-refractivity contribution in [2.75, 3.05) is 14.1 Å². The van der Waals surface area contributed by atoms with Crippen LogP contribution in [0, 0.1) is 29.6 Å². The minimum atomic E-state index is -0.376. The van der Waals surface area contributed by atoms with Gasteiger partial charge >= 0.3 is 11.9 Å². The molecule has 0 amide bonds. The Hall–Kier alpha value is -1.22. The van der Waals surface area contributed by atoms with Gasteiger partial charge in [-0.25, -0.2) is 0 Å². The van der Waals surface area contributed by atoms with E-state index in [1.807, 2.05) is 13.8 Å². The molecular formula is C37H65NO7. The lowest BCUT2D eigenvalue weighted by Gasteiger charge is -2.38. The van der Waals surface area contributed by atoms with Gasteiger partial charge in [0.2, 0.25) is 0 Å². The maximum absolute atomic E-state index is 13.9. The summed E-state index contributed by atoms with van der Waals surface area (Å²) in [6.45, 7) is 14.8.